The summed E-state index contributed by atoms with van der Waals surface area (Å²) >= 11 is 0.970. The number of rotatable bonds is 10. The molecule has 1 heterocycles. The fourth-order valence-electron chi connectivity index (χ4n) is 2.63. The zero-order valence-corrected chi connectivity index (χ0v) is 17.5. The minimum Gasteiger partial charge on any atom is -0.489 e. The number of nitrogens with zero attached hydrogens (tertiary/aromatic N) is 3. The molecule has 1 aromatic heterocycles. The van der Waals surface area contributed by atoms with Gasteiger partial charge >= 0.3 is 5.97 Å². The Hall–Kier alpha value is -3.66. The normalized spacial score (nSPS) is 11.3. The van der Waals surface area contributed by atoms with Gasteiger partial charge in [0.15, 0.2) is 0 Å². The number of hydrogen-bond donors (Lipinski definition) is 2. The number of aryl methyl sites for hydroxylation is 1. The maximum absolute atomic E-state index is 11.7. The first kappa shape index (κ1) is 22.0. The third-order valence-corrected chi connectivity index (χ3v) is 5.00. The molecular weight excluding hydrogens is 420 g/mol. The highest BCUT2D eigenvalue weighted by Gasteiger charge is 2.14. The number of carboxylic acids is 1. The third kappa shape index (κ3) is 6.41. The van der Waals surface area contributed by atoms with E-state index in [1.807, 2.05) is 6.92 Å². The molecule has 3 aromatic rings. The summed E-state index contributed by atoms with van der Waals surface area (Å²) < 4.78 is 5.74. The zero-order chi connectivity index (χ0) is 22.2. The Bertz CT molecular complexity index is 1100. The molecule has 160 valence electrons. The van der Waals surface area contributed by atoms with Crippen LogP contribution in [0.25, 0.3) is 6.08 Å². The Kier molecular flexibility index (Phi) is 7.39. The average Bonchev–Trinajstić information content (AvgIpc) is 3.19. The fourth-order valence-corrected chi connectivity index (χ4v) is 3.36. The van der Waals surface area contributed by atoms with Gasteiger partial charge in [0, 0.05) is 18.6 Å². The van der Waals surface area contributed by atoms with E-state index >= 15 is 0 Å². The average molecular weight is 440 g/mol. The molecule has 0 aliphatic carbocycles. The number of carboxylic acid groups (broad SMARTS) is 1. The minimum absolute atomic E-state index is 0.0165. The van der Waals surface area contributed by atoms with E-state index in [0.29, 0.717) is 16.5 Å². The molecule has 10 heteroatoms. The molecule has 2 aromatic carbocycles. The number of benzene rings is 2. The van der Waals surface area contributed by atoms with Gasteiger partial charge in [0.1, 0.15) is 23.1 Å². The smallest absolute Gasteiger partial charge is 0.342 e. The van der Waals surface area contributed by atoms with Gasteiger partial charge in [0.2, 0.25) is 5.16 Å². The lowest BCUT2D eigenvalue weighted by Crippen LogP contribution is -1.98. The molecule has 0 fully saturated rings. The van der Waals surface area contributed by atoms with Crippen molar-refractivity contribution in [3.05, 3.63) is 80.5 Å². The number of aliphatic carboxylic acids is 1. The van der Waals surface area contributed by atoms with Crippen LogP contribution in [0, 0.1) is 10.1 Å². The molecule has 31 heavy (non-hydrogen) atoms. The fraction of sp³-hybridized carbons (Fsp3) is 0.190. The Morgan fingerprint density at radius 3 is 2.74 bits per heavy atom. The number of nitro benzene ring substituents is 1. The quantitative estimate of drug-likeness (QED) is 0.204. The lowest BCUT2D eigenvalue weighted by Gasteiger charge is -2.07. The Morgan fingerprint density at radius 2 is 2.06 bits per heavy atom. The zero-order valence-electron chi connectivity index (χ0n) is 16.6. The maximum atomic E-state index is 11.7. The van der Waals surface area contributed by atoms with E-state index in [9.17, 15) is 20.0 Å². The summed E-state index contributed by atoms with van der Waals surface area (Å²) in [6.07, 6.45) is 3.18. The van der Waals surface area contributed by atoms with Crippen molar-refractivity contribution in [3.63, 3.8) is 0 Å². The van der Waals surface area contributed by atoms with Crippen molar-refractivity contribution in [3.8, 4) is 5.75 Å². The summed E-state index contributed by atoms with van der Waals surface area (Å²) in [7, 11) is 0. The summed E-state index contributed by atoms with van der Waals surface area (Å²) in [5.41, 5.74) is 1.44. The van der Waals surface area contributed by atoms with Crippen molar-refractivity contribution in [2.45, 2.75) is 31.5 Å². The number of non-ortho nitro benzene ring substituents is 1. The molecule has 0 radical (unpaired) electrons. The highest BCUT2D eigenvalue weighted by Crippen LogP contribution is 2.27. The number of ether oxygens (including phenoxy) is 1. The maximum Gasteiger partial charge on any atom is 0.342 e. The van der Waals surface area contributed by atoms with E-state index in [0.717, 1.165) is 36.0 Å². The number of aromatic amines is 1. The van der Waals surface area contributed by atoms with Crippen LogP contribution in [-0.4, -0.2) is 31.2 Å². The second-order valence-electron chi connectivity index (χ2n) is 6.52. The molecule has 0 bridgehead atoms. The second kappa shape index (κ2) is 10.4. The van der Waals surface area contributed by atoms with Crippen molar-refractivity contribution in [1.29, 1.82) is 0 Å². The van der Waals surface area contributed by atoms with Crippen molar-refractivity contribution in [1.82, 2.24) is 15.2 Å². The molecule has 0 saturated carbocycles. The standard InChI is InChI=1S/C21H20N4O5S/c1-2-4-19-22-21(24-23-19)31-18(20(26)27)12-15-5-3-6-17(11-15)30-13-14-7-9-16(10-8-14)25(28)29/h3,5-12H,2,4,13H2,1H3,(H,26,27)(H,22,23,24)/b18-12-. The van der Waals surface area contributed by atoms with Gasteiger partial charge in [-0.15, -0.1) is 5.10 Å². The van der Waals surface area contributed by atoms with Crippen LogP contribution in [-0.2, 0) is 17.8 Å². The summed E-state index contributed by atoms with van der Waals surface area (Å²) in [6.45, 7) is 2.25. The lowest BCUT2D eigenvalue weighted by molar-refractivity contribution is -0.384. The topological polar surface area (TPSA) is 131 Å². The van der Waals surface area contributed by atoms with E-state index < -0.39 is 10.9 Å². The van der Waals surface area contributed by atoms with Gasteiger partial charge in [-0.25, -0.2) is 9.78 Å². The minimum atomic E-state index is -1.08. The van der Waals surface area contributed by atoms with E-state index in [4.69, 9.17) is 4.74 Å². The highest BCUT2D eigenvalue weighted by molar-refractivity contribution is 8.04. The van der Waals surface area contributed by atoms with Crippen LogP contribution in [0.3, 0.4) is 0 Å². The summed E-state index contributed by atoms with van der Waals surface area (Å²) in [4.78, 5) is 26.3. The molecule has 2 N–H and O–H groups in total. The largest absolute Gasteiger partial charge is 0.489 e. The van der Waals surface area contributed by atoms with Gasteiger partial charge in [0.05, 0.1) is 4.92 Å². The lowest BCUT2D eigenvalue weighted by atomic mass is 10.2. The molecule has 0 amide bonds. The number of nitro groups is 1. The summed E-state index contributed by atoms with van der Waals surface area (Å²) in [5.74, 6) is 0.186. The number of thioether (sulfide) groups is 1. The SMILES string of the molecule is CCCc1nc(S/C(=C\c2cccc(OCc3ccc([N+](=O)[O-])cc3)c2)C(=O)O)n[nH]1. The third-order valence-electron chi connectivity index (χ3n) is 4.12. The van der Waals surface area contributed by atoms with Gasteiger partial charge in [-0.2, -0.15) is 0 Å². The number of aromatic nitrogens is 3. The second-order valence-corrected chi connectivity index (χ2v) is 7.52. The number of nitrogens with one attached hydrogen (secondary N) is 1. The van der Waals surface area contributed by atoms with Crippen molar-refractivity contribution >= 4 is 29.5 Å². The van der Waals surface area contributed by atoms with Crippen molar-refractivity contribution < 1.29 is 19.6 Å². The number of carbonyl (C=O) groups is 1. The monoisotopic (exact) mass is 440 g/mol. The van der Waals surface area contributed by atoms with Gasteiger partial charge < -0.3 is 9.84 Å². The molecule has 3 rings (SSSR count). The van der Waals surface area contributed by atoms with Crippen LogP contribution in [0.4, 0.5) is 5.69 Å². The molecule has 0 unspecified atom stereocenters. The molecule has 0 atom stereocenters. The van der Waals surface area contributed by atoms with Crippen LogP contribution < -0.4 is 4.74 Å². The first-order chi connectivity index (χ1) is 14.9. The van der Waals surface area contributed by atoms with E-state index in [-0.39, 0.29) is 17.2 Å². The molecule has 0 aliphatic heterocycles. The van der Waals surface area contributed by atoms with Gasteiger partial charge in [-0.3, -0.25) is 15.2 Å². The van der Waals surface area contributed by atoms with Gasteiger partial charge in [-0.1, -0.05) is 19.1 Å². The van der Waals surface area contributed by atoms with Crippen molar-refractivity contribution in [2.75, 3.05) is 0 Å². The first-order valence-corrected chi connectivity index (χ1v) is 10.3. The van der Waals surface area contributed by atoms with Crippen LogP contribution in [0.1, 0.15) is 30.3 Å². The Balaban J connectivity index is 1.69. The van der Waals surface area contributed by atoms with Crippen molar-refractivity contribution in [2.24, 2.45) is 0 Å². The molecule has 0 spiro atoms. The first-order valence-electron chi connectivity index (χ1n) is 9.45. The summed E-state index contributed by atoms with van der Waals surface area (Å²) in [6, 6.07) is 13.1. The molecule has 0 saturated heterocycles. The molecule has 9 nitrogen and oxygen atoms in total. The van der Waals surface area contributed by atoms with Gasteiger partial charge in [0.25, 0.3) is 5.69 Å². The van der Waals surface area contributed by atoms with Crippen LogP contribution in [0.15, 0.2) is 58.6 Å². The predicted octanol–water partition coefficient (Wildman–Crippen LogP) is 4.46. The molecule has 0 aliphatic rings. The van der Waals surface area contributed by atoms with E-state index in [1.54, 1.807) is 36.4 Å². The van der Waals surface area contributed by atoms with E-state index in [1.165, 1.54) is 18.2 Å². The van der Waals surface area contributed by atoms with Crippen LogP contribution in [0.2, 0.25) is 0 Å². The van der Waals surface area contributed by atoms with E-state index in [2.05, 4.69) is 15.2 Å². The number of H-pyrrole nitrogens is 1. The van der Waals surface area contributed by atoms with Crippen LogP contribution >= 0.6 is 11.8 Å². The predicted molar refractivity (Wildman–Crippen MR) is 116 cm³/mol. The van der Waals surface area contributed by atoms with Crippen LogP contribution in [0.5, 0.6) is 5.75 Å². The number of hydrogen-bond acceptors (Lipinski definition) is 7. The molecular formula is C21H20N4O5S. The summed E-state index contributed by atoms with van der Waals surface area (Å²) in [5, 5.41) is 27.5. The Labute approximate surface area is 182 Å². The highest BCUT2D eigenvalue weighted by atomic mass is 32.2. The Morgan fingerprint density at radius 1 is 1.29 bits per heavy atom. The van der Waals surface area contributed by atoms with Gasteiger partial charge in [-0.05, 0) is 59.7 Å².